The summed E-state index contributed by atoms with van der Waals surface area (Å²) in [6, 6.07) is 18.2. The van der Waals surface area contributed by atoms with Gasteiger partial charge in [0.1, 0.15) is 17.4 Å². The van der Waals surface area contributed by atoms with E-state index in [9.17, 15) is 0 Å². The highest BCUT2D eigenvalue weighted by atomic mass is 127. The number of thiazole rings is 1. The van der Waals surface area contributed by atoms with E-state index >= 15 is 0 Å². The molecule has 3 rings (SSSR count). The monoisotopic (exact) mass is 508 g/mol. The van der Waals surface area contributed by atoms with Gasteiger partial charge in [-0.15, -0.1) is 35.3 Å². The van der Waals surface area contributed by atoms with Gasteiger partial charge >= 0.3 is 0 Å². The van der Waals surface area contributed by atoms with Crippen LogP contribution in [0.1, 0.15) is 21.0 Å². The van der Waals surface area contributed by atoms with E-state index < -0.39 is 0 Å². The minimum Gasteiger partial charge on any atom is -0.489 e. The Morgan fingerprint density at radius 3 is 2.50 bits per heavy atom. The number of para-hydroxylation sites is 1. The second-order valence-corrected chi connectivity index (χ2v) is 7.38. The molecule has 0 saturated heterocycles. The number of nitrogens with one attached hydrogen (secondary N) is 2. The first-order chi connectivity index (χ1) is 13.2. The smallest absolute Gasteiger partial charge is 0.191 e. The predicted octanol–water partition coefficient (Wildman–Crippen LogP) is 4.51. The molecule has 0 bridgehead atoms. The van der Waals surface area contributed by atoms with E-state index in [0.717, 1.165) is 22.3 Å². The van der Waals surface area contributed by atoms with Gasteiger partial charge in [-0.2, -0.15) is 0 Å². The van der Waals surface area contributed by atoms with Gasteiger partial charge in [-0.3, -0.25) is 4.99 Å². The molecule has 3 aromatic rings. The van der Waals surface area contributed by atoms with Crippen molar-refractivity contribution in [2.24, 2.45) is 4.99 Å². The molecule has 0 fully saturated rings. The van der Waals surface area contributed by atoms with Gasteiger partial charge in [-0.1, -0.05) is 42.5 Å². The fraction of sp³-hybridized carbons (Fsp3) is 0.238. The summed E-state index contributed by atoms with van der Waals surface area (Å²) in [7, 11) is 1.77. The predicted molar refractivity (Wildman–Crippen MR) is 127 cm³/mol. The van der Waals surface area contributed by atoms with E-state index in [2.05, 4.69) is 51.8 Å². The number of halogens is 1. The molecular formula is C21H25IN4OS. The molecule has 1 heterocycles. The summed E-state index contributed by atoms with van der Waals surface area (Å²) in [6.07, 6.45) is 1.89. The lowest BCUT2D eigenvalue weighted by Crippen LogP contribution is -2.36. The van der Waals surface area contributed by atoms with Crippen LogP contribution in [0.3, 0.4) is 0 Å². The molecule has 148 valence electrons. The molecule has 28 heavy (non-hydrogen) atoms. The summed E-state index contributed by atoms with van der Waals surface area (Å²) >= 11 is 1.69. The number of hydrogen-bond acceptors (Lipinski definition) is 4. The highest BCUT2D eigenvalue weighted by Crippen LogP contribution is 2.13. The van der Waals surface area contributed by atoms with Crippen molar-refractivity contribution in [2.75, 3.05) is 7.05 Å². The van der Waals surface area contributed by atoms with Crippen molar-refractivity contribution in [3.05, 3.63) is 81.8 Å². The van der Waals surface area contributed by atoms with Crippen LogP contribution in [0.15, 0.2) is 65.8 Å². The third-order valence-electron chi connectivity index (χ3n) is 3.90. The average molecular weight is 508 g/mol. The number of guanidine groups is 1. The van der Waals surface area contributed by atoms with Crippen LogP contribution in [0.5, 0.6) is 5.75 Å². The quantitative estimate of drug-likeness (QED) is 0.280. The summed E-state index contributed by atoms with van der Waals surface area (Å²) < 4.78 is 5.82. The fourth-order valence-corrected chi connectivity index (χ4v) is 3.29. The maximum atomic E-state index is 5.82. The first kappa shape index (κ1) is 22.2. The average Bonchev–Trinajstić information content (AvgIpc) is 3.13. The van der Waals surface area contributed by atoms with Gasteiger partial charge in [0.15, 0.2) is 5.96 Å². The lowest BCUT2D eigenvalue weighted by molar-refractivity contribution is 0.306. The van der Waals surface area contributed by atoms with Crippen LogP contribution in [-0.4, -0.2) is 18.0 Å². The van der Waals surface area contributed by atoms with Crippen LogP contribution in [0.2, 0.25) is 0 Å². The number of aromatic nitrogens is 1. The Kier molecular flexibility index (Phi) is 9.22. The van der Waals surface area contributed by atoms with Crippen LogP contribution in [0.4, 0.5) is 0 Å². The van der Waals surface area contributed by atoms with Crippen LogP contribution in [0, 0.1) is 6.92 Å². The van der Waals surface area contributed by atoms with Gasteiger partial charge in [-0.25, -0.2) is 4.98 Å². The molecule has 5 nitrogen and oxygen atoms in total. The topological polar surface area (TPSA) is 58.5 Å². The Morgan fingerprint density at radius 2 is 1.79 bits per heavy atom. The molecule has 0 atom stereocenters. The van der Waals surface area contributed by atoms with Gasteiger partial charge in [0.25, 0.3) is 0 Å². The molecule has 2 aromatic carbocycles. The lowest BCUT2D eigenvalue weighted by atomic mass is 10.1. The van der Waals surface area contributed by atoms with Crippen molar-refractivity contribution >= 4 is 41.3 Å². The molecule has 0 aliphatic rings. The normalized spacial score (nSPS) is 10.9. The zero-order valence-electron chi connectivity index (χ0n) is 16.0. The minimum atomic E-state index is 0. The first-order valence-electron chi connectivity index (χ1n) is 8.84. The van der Waals surface area contributed by atoms with Crippen molar-refractivity contribution in [3.8, 4) is 5.75 Å². The summed E-state index contributed by atoms with van der Waals surface area (Å²) in [5, 5.41) is 7.68. The number of ether oxygens (including phenoxy) is 1. The second-order valence-electron chi connectivity index (χ2n) is 6.07. The summed E-state index contributed by atoms with van der Waals surface area (Å²) in [5.74, 6) is 1.64. The Morgan fingerprint density at radius 1 is 1.04 bits per heavy atom. The van der Waals surface area contributed by atoms with Gasteiger partial charge in [0.2, 0.25) is 0 Å². The maximum Gasteiger partial charge on any atom is 0.191 e. The molecule has 2 N–H and O–H groups in total. The highest BCUT2D eigenvalue weighted by molar-refractivity contribution is 14.0. The van der Waals surface area contributed by atoms with E-state index in [1.54, 1.807) is 18.4 Å². The van der Waals surface area contributed by atoms with Gasteiger partial charge in [0, 0.05) is 24.7 Å². The van der Waals surface area contributed by atoms with Crippen molar-refractivity contribution in [1.82, 2.24) is 15.6 Å². The van der Waals surface area contributed by atoms with E-state index in [-0.39, 0.29) is 24.0 Å². The SMILES string of the molecule is CN=C(NCc1cccc(COc2ccccc2)c1)NCc1ncc(C)s1.I. The zero-order chi connectivity index (χ0) is 18.9. The molecule has 0 spiro atoms. The van der Waals surface area contributed by atoms with E-state index in [1.165, 1.54) is 10.4 Å². The minimum absolute atomic E-state index is 0. The van der Waals surface area contributed by atoms with Crippen LogP contribution >= 0.6 is 35.3 Å². The van der Waals surface area contributed by atoms with Gasteiger partial charge in [-0.05, 0) is 30.2 Å². The fourth-order valence-electron chi connectivity index (χ4n) is 2.56. The Bertz CT molecular complexity index is 883. The van der Waals surface area contributed by atoms with Crippen LogP contribution < -0.4 is 15.4 Å². The van der Waals surface area contributed by atoms with E-state index in [1.807, 2.05) is 36.5 Å². The Hall–Kier alpha value is -2.13. The largest absolute Gasteiger partial charge is 0.489 e. The molecule has 0 aliphatic carbocycles. The standard InChI is InChI=1S/C21H24N4OS.HI/c1-16-12-23-20(27-16)14-25-21(22-2)24-13-17-7-6-8-18(11-17)15-26-19-9-4-3-5-10-19;/h3-12H,13-15H2,1-2H3,(H2,22,24,25);1H. The second kappa shape index (κ2) is 11.7. The number of aryl methyl sites for hydroxylation is 1. The van der Waals surface area contributed by atoms with E-state index in [4.69, 9.17) is 4.74 Å². The van der Waals surface area contributed by atoms with Crippen molar-refractivity contribution in [3.63, 3.8) is 0 Å². The van der Waals surface area contributed by atoms with Crippen molar-refractivity contribution in [2.45, 2.75) is 26.6 Å². The molecule has 0 radical (unpaired) electrons. The molecular weight excluding hydrogens is 483 g/mol. The Labute approximate surface area is 187 Å². The highest BCUT2D eigenvalue weighted by Gasteiger charge is 2.03. The number of aliphatic imine (C=N–C) groups is 1. The van der Waals surface area contributed by atoms with Crippen molar-refractivity contribution < 1.29 is 4.74 Å². The molecule has 0 amide bonds. The molecule has 0 aliphatic heterocycles. The molecule has 0 saturated carbocycles. The molecule has 1 aromatic heterocycles. The third-order valence-corrected chi connectivity index (χ3v) is 4.81. The van der Waals surface area contributed by atoms with Gasteiger partial charge < -0.3 is 15.4 Å². The van der Waals surface area contributed by atoms with Gasteiger partial charge in [0.05, 0.1) is 6.54 Å². The summed E-state index contributed by atoms with van der Waals surface area (Å²) in [5.41, 5.74) is 2.32. The van der Waals surface area contributed by atoms with Crippen LogP contribution in [0.25, 0.3) is 0 Å². The third kappa shape index (κ3) is 7.12. The Balaban J connectivity index is 0.00000280. The summed E-state index contributed by atoms with van der Waals surface area (Å²) in [4.78, 5) is 9.84. The first-order valence-corrected chi connectivity index (χ1v) is 9.66. The van der Waals surface area contributed by atoms with Crippen molar-refractivity contribution in [1.29, 1.82) is 0 Å². The number of rotatable bonds is 7. The maximum absolute atomic E-state index is 5.82. The number of nitrogens with zero attached hydrogens (tertiary/aromatic N) is 2. The lowest BCUT2D eigenvalue weighted by Gasteiger charge is -2.12. The van der Waals surface area contributed by atoms with E-state index in [0.29, 0.717) is 19.7 Å². The molecule has 0 unspecified atom stereocenters. The number of benzene rings is 2. The van der Waals surface area contributed by atoms with Crippen LogP contribution in [-0.2, 0) is 19.7 Å². The zero-order valence-corrected chi connectivity index (χ0v) is 19.2. The summed E-state index contributed by atoms with van der Waals surface area (Å²) in [6.45, 7) is 3.97. The molecule has 7 heteroatoms. The number of hydrogen-bond donors (Lipinski definition) is 2.